The number of nitriles is 1. The number of aryl methyl sites for hydroxylation is 1. The van der Waals surface area contributed by atoms with Gasteiger partial charge in [-0.15, -0.1) is 0 Å². The van der Waals surface area contributed by atoms with E-state index in [2.05, 4.69) is 16.4 Å². The van der Waals surface area contributed by atoms with Gasteiger partial charge in [-0.25, -0.2) is 4.39 Å². The van der Waals surface area contributed by atoms with Crippen molar-refractivity contribution in [3.8, 4) is 28.8 Å². The second-order valence-electron chi connectivity index (χ2n) is 9.84. The van der Waals surface area contributed by atoms with E-state index >= 15 is 0 Å². The summed E-state index contributed by atoms with van der Waals surface area (Å²) in [6.07, 6.45) is 0.681. The molecule has 0 aliphatic rings. The molecule has 0 bridgehead atoms. The predicted molar refractivity (Wildman–Crippen MR) is 154 cm³/mol. The Kier molecular flexibility index (Phi) is 7.81. The Balaban J connectivity index is 1.63. The number of ether oxygens (including phenoxy) is 2. The number of nitrogens with zero attached hydrogens (tertiary/aromatic N) is 5. The molecule has 0 radical (unpaired) electrons. The summed E-state index contributed by atoms with van der Waals surface area (Å²) in [6.45, 7) is 1.06. The highest BCUT2D eigenvalue weighted by atomic mass is 19.1. The molecule has 0 fully saturated rings. The topological polar surface area (TPSA) is 105 Å². The first kappa shape index (κ1) is 27.6. The van der Waals surface area contributed by atoms with E-state index in [0.717, 1.165) is 21.9 Å². The highest BCUT2D eigenvalue weighted by Crippen LogP contribution is 2.40. The van der Waals surface area contributed by atoms with Crippen molar-refractivity contribution in [2.24, 2.45) is 7.05 Å². The number of hydrogen-bond acceptors (Lipinski definition) is 7. The van der Waals surface area contributed by atoms with Gasteiger partial charge < -0.3 is 19.7 Å². The molecule has 1 amide bonds. The van der Waals surface area contributed by atoms with Crippen LogP contribution in [0.5, 0.6) is 11.5 Å². The molecular weight excluding hydrogens is 523 g/mol. The highest BCUT2D eigenvalue weighted by molar-refractivity contribution is 6.12. The number of methoxy groups -OCH3 is 1. The number of nitrogens with one attached hydrogen (secondary N) is 1. The van der Waals surface area contributed by atoms with Gasteiger partial charge in [0.05, 0.1) is 36.0 Å². The Bertz CT molecular complexity index is 1760. The molecule has 208 valence electrons. The van der Waals surface area contributed by atoms with E-state index in [1.807, 2.05) is 38.2 Å². The molecule has 41 heavy (non-hydrogen) atoms. The highest BCUT2D eigenvalue weighted by Gasteiger charge is 2.25. The monoisotopic (exact) mass is 552 g/mol. The normalized spacial score (nSPS) is 11.9. The number of likely N-dealkylation sites (N-methyl/N-ethyl adjacent to an activating group) is 1. The van der Waals surface area contributed by atoms with Crippen LogP contribution in [0, 0.1) is 17.1 Å². The summed E-state index contributed by atoms with van der Waals surface area (Å²) < 4.78 is 27.5. The van der Waals surface area contributed by atoms with Crippen LogP contribution in [0.3, 0.4) is 0 Å². The molecule has 1 atom stereocenters. The minimum Gasteiger partial charge on any atom is -0.493 e. The fraction of sp³-hybridized carbons (Fsp3) is 0.226. The van der Waals surface area contributed by atoms with E-state index in [-0.39, 0.29) is 5.91 Å². The summed E-state index contributed by atoms with van der Waals surface area (Å²) in [7, 11) is 7.19. The zero-order valence-corrected chi connectivity index (χ0v) is 23.2. The van der Waals surface area contributed by atoms with Gasteiger partial charge in [0.1, 0.15) is 11.5 Å². The molecular formula is C31H29FN6O3. The number of rotatable bonds is 9. The molecule has 0 saturated carbocycles. The van der Waals surface area contributed by atoms with Crippen molar-refractivity contribution in [3.05, 3.63) is 83.8 Å². The number of carbonyl (C=O) groups is 1. The Morgan fingerprint density at radius 1 is 1.12 bits per heavy atom. The summed E-state index contributed by atoms with van der Waals surface area (Å²) in [5.41, 5.74) is 4.04. The maximum atomic E-state index is 13.7. The lowest BCUT2D eigenvalue weighted by molar-refractivity contribution is -0.128. The number of hydrogen-bond donors (Lipinski definition) is 1. The van der Waals surface area contributed by atoms with E-state index in [4.69, 9.17) is 14.6 Å². The average molecular weight is 553 g/mol. The van der Waals surface area contributed by atoms with Crippen LogP contribution in [0.25, 0.3) is 33.1 Å². The van der Waals surface area contributed by atoms with Gasteiger partial charge in [-0.2, -0.15) is 10.4 Å². The minimum atomic E-state index is -1.07. The SMILES string of the molecule is COc1cc2ncc3c(c(-c4ccc(C#N)cc4)nn3C)c2cc1OC(C(=O)NCCN(C)C)c1ccc(F)cc1. The van der Waals surface area contributed by atoms with Gasteiger partial charge in [0.25, 0.3) is 5.91 Å². The van der Waals surface area contributed by atoms with E-state index in [1.54, 1.807) is 35.1 Å². The number of aromatic nitrogens is 3. The molecule has 5 rings (SSSR count). The molecule has 3 aromatic carbocycles. The van der Waals surface area contributed by atoms with E-state index in [0.29, 0.717) is 46.9 Å². The quantitative estimate of drug-likeness (QED) is 0.285. The number of carbonyl (C=O) groups excluding carboxylic acids is 1. The fourth-order valence-electron chi connectivity index (χ4n) is 4.63. The van der Waals surface area contributed by atoms with E-state index < -0.39 is 11.9 Å². The van der Waals surface area contributed by atoms with Crippen molar-refractivity contribution in [1.29, 1.82) is 5.26 Å². The van der Waals surface area contributed by atoms with Gasteiger partial charge in [-0.3, -0.25) is 14.5 Å². The van der Waals surface area contributed by atoms with Crippen LogP contribution in [-0.4, -0.2) is 59.9 Å². The third-order valence-corrected chi connectivity index (χ3v) is 6.77. The van der Waals surface area contributed by atoms with Crippen molar-refractivity contribution in [1.82, 2.24) is 25.0 Å². The molecule has 10 heteroatoms. The molecule has 0 spiro atoms. The van der Waals surface area contributed by atoms with Crippen molar-refractivity contribution in [2.45, 2.75) is 6.10 Å². The molecule has 0 aliphatic heterocycles. The predicted octanol–water partition coefficient (Wildman–Crippen LogP) is 4.61. The lowest BCUT2D eigenvalue weighted by Crippen LogP contribution is -2.36. The van der Waals surface area contributed by atoms with E-state index in [1.165, 1.54) is 31.4 Å². The summed E-state index contributed by atoms with van der Waals surface area (Å²) >= 11 is 0. The average Bonchev–Trinajstić information content (AvgIpc) is 3.32. The Morgan fingerprint density at radius 3 is 2.51 bits per heavy atom. The number of fused-ring (bicyclic) bond motifs is 3. The third-order valence-electron chi connectivity index (χ3n) is 6.77. The number of halogens is 1. The maximum Gasteiger partial charge on any atom is 0.265 e. The standard InChI is InChI=1S/C31H29FN6O3/c1-37(2)14-13-34-31(39)30(21-9-11-22(32)12-10-21)41-27-15-23-24(16-26(27)40-4)35-18-25-28(23)29(36-38(25)3)20-7-5-19(17-33)6-8-20/h5-12,15-16,18,30H,13-14H2,1-4H3,(H,34,39). The van der Waals surface area contributed by atoms with Crippen molar-refractivity contribution in [2.75, 3.05) is 34.3 Å². The van der Waals surface area contributed by atoms with Gasteiger partial charge in [0, 0.05) is 48.1 Å². The maximum absolute atomic E-state index is 13.7. The Labute approximate surface area is 236 Å². The largest absolute Gasteiger partial charge is 0.493 e. The molecule has 2 aromatic heterocycles. The second-order valence-corrected chi connectivity index (χ2v) is 9.84. The first-order chi connectivity index (χ1) is 19.8. The smallest absolute Gasteiger partial charge is 0.265 e. The molecule has 0 saturated heterocycles. The Hall–Kier alpha value is -5.01. The van der Waals surface area contributed by atoms with Crippen LogP contribution in [0.2, 0.25) is 0 Å². The number of pyridine rings is 1. The summed E-state index contributed by atoms with van der Waals surface area (Å²) in [5, 5.41) is 18.5. The first-order valence-corrected chi connectivity index (χ1v) is 13.0. The van der Waals surface area contributed by atoms with Crippen molar-refractivity contribution >= 4 is 27.7 Å². The molecule has 2 heterocycles. The fourth-order valence-corrected chi connectivity index (χ4v) is 4.63. The van der Waals surface area contributed by atoms with Crippen LogP contribution in [0.15, 0.2) is 66.9 Å². The number of amides is 1. The zero-order chi connectivity index (χ0) is 29.1. The summed E-state index contributed by atoms with van der Waals surface area (Å²) in [6, 6.07) is 18.6. The van der Waals surface area contributed by atoms with Crippen molar-refractivity contribution in [3.63, 3.8) is 0 Å². The van der Waals surface area contributed by atoms with Crippen LogP contribution in [0.4, 0.5) is 4.39 Å². The lowest BCUT2D eigenvalue weighted by atomic mass is 10.0. The Morgan fingerprint density at radius 2 is 1.85 bits per heavy atom. The molecule has 1 unspecified atom stereocenters. The first-order valence-electron chi connectivity index (χ1n) is 13.0. The van der Waals surface area contributed by atoms with Gasteiger partial charge in [0.2, 0.25) is 6.10 Å². The van der Waals surface area contributed by atoms with Crippen LogP contribution in [0.1, 0.15) is 17.2 Å². The molecule has 5 aromatic rings. The van der Waals surface area contributed by atoms with Crippen LogP contribution < -0.4 is 14.8 Å². The third kappa shape index (κ3) is 5.66. The number of benzene rings is 3. The van der Waals surface area contributed by atoms with Crippen LogP contribution >= 0.6 is 0 Å². The molecule has 9 nitrogen and oxygen atoms in total. The van der Waals surface area contributed by atoms with Gasteiger partial charge in [-0.1, -0.05) is 24.3 Å². The zero-order valence-electron chi connectivity index (χ0n) is 23.2. The van der Waals surface area contributed by atoms with E-state index in [9.17, 15) is 14.4 Å². The molecule has 1 N–H and O–H groups in total. The summed E-state index contributed by atoms with van der Waals surface area (Å²) in [5.74, 6) is -0.0665. The molecule has 0 aliphatic carbocycles. The van der Waals surface area contributed by atoms with Gasteiger partial charge in [0.15, 0.2) is 11.5 Å². The minimum absolute atomic E-state index is 0.320. The lowest BCUT2D eigenvalue weighted by Gasteiger charge is -2.21. The second kappa shape index (κ2) is 11.6. The van der Waals surface area contributed by atoms with Gasteiger partial charge >= 0.3 is 0 Å². The summed E-state index contributed by atoms with van der Waals surface area (Å²) in [4.78, 5) is 19.9. The van der Waals surface area contributed by atoms with Crippen molar-refractivity contribution < 1.29 is 18.7 Å². The van der Waals surface area contributed by atoms with Gasteiger partial charge in [-0.05, 0) is 44.4 Å². The van der Waals surface area contributed by atoms with Crippen LogP contribution in [-0.2, 0) is 11.8 Å².